The Morgan fingerprint density at radius 3 is 2.27 bits per heavy atom. The van der Waals surface area contributed by atoms with Gasteiger partial charge in [-0.1, -0.05) is 48.0 Å². The molecule has 1 amide bonds. The second-order valence-corrected chi connectivity index (χ2v) is 17.3. The maximum atomic E-state index is 14.3. The molecule has 0 radical (unpaired) electrons. The van der Waals surface area contributed by atoms with E-state index in [4.69, 9.17) is 11.6 Å². The highest BCUT2D eigenvalue weighted by Crippen LogP contribution is 2.29. The Hall–Kier alpha value is -4.39. The molecule has 2 N–H and O–H groups in total. The van der Waals surface area contributed by atoms with Crippen molar-refractivity contribution in [3.8, 4) is 11.1 Å². The van der Waals surface area contributed by atoms with Crippen molar-refractivity contribution in [2.24, 2.45) is 0 Å². The normalized spacial score (nSPS) is 14.2. The van der Waals surface area contributed by atoms with Crippen molar-refractivity contribution in [2.75, 3.05) is 62.8 Å². The average molecular weight is 800 g/mol. The third-order valence-electron chi connectivity index (χ3n) is 9.70. The maximum absolute atomic E-state index is 14.3. The average Bonchev–Trinajstić information content (AvgIpc) is 3.17. The highest BCUT2D eigenvalue weighted by atomic mass is 35.5. The third kappa shape index (κ3) is 11.1. The molecule has 1 aliphatic rings. The zero-order valence-electron chi connectivity index (χ0n) is 31.3. The number of nitrogens with zero attached hydrogens (tertiary/aromatic N) is 3. The van der Waals surface area contributed by atoms with Gasteiger partial charge in [0.2, 0.25) is 0 Å². The molecule has 1 fully saturated rings. The fraction of sp³-hybridized carbons (Fsp3) is 0.279. The van der Waals surface area contributed by atoms with E-state index in [1.165, 1.54) is 17.0 Å². The number of hydrogen-bond donors (Lipinski definition) is 2. The van der Waals surface area contributed by atoms with Gasteiger partial charge in [0.25, 0.3) is 15.9 Å². The summed E-state index contributed by atoms with van der Waals surface area (Å²) >= 11 is 7.87. The summed E-state index contributed by atoms with van der Waals surface area (Å²) < 4.78 is 43.2. The van der Waals surface area contributed by atoms with Gasteiger partial charge in [0.15, 0.2) is 0 Å². The third-order valence-corrected chi connectivity index (χ3v) is 12.5. The summed E-state index contributed by atoms with van der Waals surface area (Å²) in [6.07, 6.45) is 0.917. The lowest BCUT2D eigenvalue weighted by molar-refractivity contribution is 0.0981. The fourth-order valence-electron chi connectivity index (χ4n) is 6.58. The van der Waals surface area contributed by atoms with Gasteiger partial charge in [0.05, 0.1) is 4.90 Å². The Morgan fingerprint density at radius 2 is 1.60 bits per heavy atom. The molecule has 8 nitrogen and oxygen atoms in total. The highest BCUT2D eigenvalue weighted by Gasteiger charge is 2.22. The Kier molecular flexibility index (Phi) is 13.5. The predicted molar refractivity (Wildman–Crippen MR) is 224 cm³/mol. The van der Waals surface area contributed by atoms with Crippen LogP contribution >= 0.6 is 23.4 Å². The molecule has 0 aromatic heterocycles. The number of sulfonamides is 1. The minimum Gasteiger partial charge on any atom is -0.381 e. The van der Waals surface area contributed by atoms with Crippen LogP contribution in [0.2, 0.25) is 5.02 Å². The number of anilines is 2. The smallest absolute Gasteiger partial charge is 0.264 e. The van der Waals surface area contributed by atoms with Gasteiger partial charge >= 0.3 is 0 Å². The molecule has 6 rings (SSSR count). The number of piperazine rings is 1. The van der Waals surface area contributed by atoms with Crippen molar-refractivity contribution in [3.05, 3.63) is 143 Å². The SMILES string of the molecule is Cc1cc(S(=O)(=O)NC(=O)c2ccc(N3CCN(Cc4cc(F)ccc4-c4ccc(Cl)cc4)CC3)cc2)ccc1N[C@H](CCN(C)C)CSc1ccccc1. The molecule has 0 bridgehead atoms. The molecule has 0 unspecified atom stereocenters. The molecule has 288 valence electrons. The quantitative estimate of drug-likeness (QED) is 0.102. The zero-order chi connectivity index (χ0) is 39.0. The van der Waals surface area contributed by atoms with Crippen LogP contribution in [0.15, 0.2) is 125 Å². The van der Waals surface area contributed by atoms with Crippen LogP contribution in [-0.2, 0) is 16.6 Å². The molecule has 1 saturated heterocycles. The summed E-state index contributed by atoms with van der Waals surface area (Å²) in [5.74, 6) is -0.103. The van der Waals surface area contributed by atoms with E-state index >= 15 is 0 Å². The first-order valence-electron chi connectivity index (χ1n) is 18.3. The monoisotopic (exact) mass is 799 g/mol. The van der Waals surface area contributed by atoms with Gasteiger partial charge in [-0.3, -0.25) is 9.69 Å². The van der Waals surface area contributed by atoms with Crippen molar-refractivity contribution in [1.29, 1.82) is 0 Å². The first kappa shape index (κ1) is 40.3. The number of nitrogens with one attached hydrogen (secondary N) is 2. The molecule has 1 atom stereocenters. The molecule has 0 spiro atoms. The number of rotatable bonds is 15. The van der Waals surface area contributed by atoms with Crippen LogP contribution in [0.3, 0.4) is 0 Å². The molecule has 5 aromatic rings. The summed E-state index contributed by atoms with van der Waals surface area (Å²) in [6, 6.07) is 34.8. The van der Waals surface area contributed by atoms with Crippen molar-refractivity contribution in [1.82, 2.24) is 14.5 Å². The number of aryl methyl sites for hydroxylation is 1. The van der Waals surface area contributed by atoms with Crippen molar-refractivity contribution in [3.63, 3.8) is 0 Å². The minimum absolute atomic E-state index is 0.0282. The summed E-state index contributed by atoms with van der Waals surface area (Å²) in [5.41, 5.74) is 5.71. The lowest BCUT2D eigenvalue weighted by Crippen LogP contribution is -2.46. The number of benzene rings is 5. The van der Waals surface area contributed by atoms with E-state index < -0.39 is 15.9 Å². The van der Waals surface area contributed by atoms with Gasteiger partial charge in [0.1, 0.15) is 5.82 Å². The minimum atomic E-state index is -4.11. The number of halogens is 2. The Balaban J connectivity index is 1.03. The number of hydrogen-bond acceptors (Lipinski definition) is 8. The van der Waals surface area contributed by atoms with Gasteiger partial charge in [-0.05, 0) is 135 Å². The molecule has 5 aromatic carbocycles. The summed E-state index contributed by atoms with van der Waals surface area (Å²) in [7, 11) is -0.0139. The van der Waals surface area contributed by atoms with Gasteiger partial charge in [-0.2, -0.15) is 0 Å². The molecule has 0 saturated carbocycles. The van der Waals surface area contributed by atoms with Gasteiger partial charge in [-0.25, -0.2) is 17.5 Å². The van der Waals surface area contributed by atoms with E-state index in [1.54, 1.807) is 42.1 Å². The molecule has 0 aliphatic carbocycles. The topological polar surface area (TPSA) is 85.0 Å². The van der Waals surface area contributed by atoms with Crippen LogP contribution in [0, 0.1) is 12.7 Å². The second-order valence-electron chi connectivity index (χ2n) is 14.1. The summed E-state index contributed by atoms with van der Waals surface area (Å²) in [6.45, 7) is 6.43. The van der Waals surface area contributed by atoms with E-state index in [-0.39, 0.29) is 22.3 Å². The van der Waals surface area contributed by atoms with E-state index in [0.717, 1.165) is 78.5 Å². The van der Waals surface area contributed by atoms with Crippen LogP contribution < -0.4 is 14.9 Å². The fourth-order valence-corrected chi connectivity index (χ4v) is 8.76. The largest absolute Gasteiger partial charge is 0.381 e. The summed E-state index contributed by atoms with van der Waals surface area (Å²) in [5, 5.41) is 4.28. The van der Waals surface area contributed by atoms with Crippen LogP contribution in [0.25, 0.3) is 11.1 Å². The highest BCUT2D eigenvalue weighted by molar-refractivity contribution is 7.99. The second kappa shape index (κ2) is 18.5. The Morgan fingerprint density at radius 1 is 0.891 bits per heavy atom. The van der Waals surface area contributed by atoms with E-state index in [9.17, 15) is 17.6 Å². The first-order valence-corrected chi connectivity index (χ1v) is 21.2. The molecule has 1 aliphatic heterocycles. The molecule has 55 heavy (non-hydrogen) atoms. The van der Waals surface area contributed by atoms with Gasteiger partial charge in [-0.15, -0.1) is 11.8 Å². The number of thioether (sulfide) groups is 1. The standard InChI is InChI=1S/C43H47ClFN5O3S2/c1-31-27-40(18-20-42(31)46-37(21-22-48(2)3)30-54-39-7-5-4-6-8-39)55(52,53)47-43(51)33-11-16-38(17-12-33)50-25-23-49(24-26-50)29-34-28-36(45)15-19-41(34)32-9-13-35(44)14-10-32/h4-20,27-28,37,46H,21-26,29-30H2,1-3H3,(H,47,51)/t37-/m1/s1. The number of amides is 1. The summed E-state index contributed by atoms with van der Waals surface area (Å²) in [4.78, 5) is 21.1. The lowest BCUT2D eigenvalue weighted by atomic mass is 9.99. The van der Waals surface area contributed by atoms with Crippen molar-refractivity contribution < 1.29 is 17.6 Å². The van der Waals surface area contributed by atoms with Gasteiger partial charge < -0.3 is 15.1 Å². The first-order chi connectivity index (χ1) is 26.4. The maximum Gasteiger partial charge on any atom is 0.264 e. The van der Waals surface area contributed by atoms with Gasteiger partial charge in [0, 0.05) is 71.4 Å². The molecule has 12 heteroatoms. The van der Waals surface area contributed by atoms with E-state index in [1.807, 2.05) is 67.6 Å². The van der Waals surface area contributed by atoms with Crippen molar-refractivity contribution >= 4 is 50.7 Å². The van der Waals surface area contributed by atoms with Crippen molar-refractivity contribution in [2.45, 2.75) is 35.7 Å². The zero-order valence-corrected chi connectivity index (χ0v) is 33.7. The lowest BCUT2D eigenvalue weighted by Gasteiger charge is -2.36. The molecule has 1 heterocycles. The van der Waals surface area contributed by atoms with Crippen LogP contribution in [0.4, 0.5) is 15.8 Å². The molecular weight excluding hydrogens is 753 g/mol. The Labute approximate surface area is 333 Å². The number of carbonyl (C=O) groups is 1. The van der Waals surface area contributed by atoms with E-state index in [0.29, 0.717) is 11.6 Å². The van der Waals surface area contributed by atoms with Crippen LogP contribution in [-0.4, -0.2) is 82.7 Å². The van der Waals surface area contributed by atoms with E-state index in [2.05, 4.69) is 51.0 Å². The Bertz CT molecular complexity index is 2160. The van der Waals surface area contributed by atoms with Crippen LogP contribution in [0.5, 0.6) is 0 Å². The number of carbonyl (C=O) groups excluding carboxylic acids is 1. The molecular formula is C43H47ClFN5O3S2. The van der Waals surface area contributed by atoms with Crippen LogP contribution in [0.1, 0.15) is 27.9 Å². The predicted octanol–water partition coefficient (Wildman–Crippen LogP) is 8.42.